The predicted molar refractivity (Wildman–Crippen MR) is 85.5 cm³/mol. The SMILES string of the molecule is COc1cc(/C=C2/C(O)C3CCN2CC3)cc(Br)c1OC. The molecule has 1 unspecified atom stereocenters. The summed E-state index contributed by atoms with van der Waals surface area (Å²) in [5.41, 5.74) is 2.03. The Morgan fingerprint density at radius 3 is 2.52 bits per heavy atom. The highest BCUT2D eigenvalue weighted by atomic mass is 79.9. The summed E-state index contributed by atoms with van der Waals surface area (Å²) >= 11 is 3.51. The molecule has 5 heteroatoms. The van der Waals surface area contributed by atoms with Crippen LogP contribution in [0.1, 0.15) is 18.4 Å². The van der Waals surface area contributed by atoms with Crippen molar-refractivity contribution >= 4 is 22.0 Å². The van der Waals surface area contributed by atoms with Crippen molar-refractivity contribution in [2.75, 3.05) is 27.3 Å². The Kier molecular flexibility index (Phi) is 4.13. The summed E-state index contributed by atoms with van der Waals surface area (Å²) in [6, 6.07) is 3.93. The van der Waals surface area contributed by atoms with Crippen molar-refractivity contribution in [2.45, 2.75) is 18.9 Å². The first kappa shape index (κ1) is 14.7. The molecule has 3 fully saturated rings. The predicted octanol–water partition coefficient (Wildman–Crippen LogP) is 2.89. The van der Waals surface area contributed by atoms with Crippen LogP contribution in [-0.4, -0.2) is 43.4 Å². The highest BCUT2D eigenvalue weighted by Gasteiger charge is 2.36. The number of fused-ring (bicyclic) bond motifs is 3. The van der Waals surface area contributed by atoms with Gasteiger partial charge in [0.2, 0.25) is 0 Å². The molecule has 0 saturated carbocycles. The zero-order valence-corrected chi connectivity index (χ0v) is 13.9. The van der Waals surface area contributed by atoms with Crippen LogP contribution in [0.15, 0.2) is 22.3 Å². The van der Waals surface area contributed by atoms with E-state index in [1.54, 1.807) is 14.2 Å². The highest BCUT2D eigenvalue weighted by Crippen LogP contribution is 2.39. The maximum Gasteiger partial charge on any atom is 0.174 e. The van der Waals surface area contributed by atoms with Crippen LogP contribution in [0.25, 0.3) is 6.08 Å². The van der Waals surface area contributed by atoms with E-state index in [0.717, 1.165) is 41.7 Å². The number of aliphatic hydroxyl groups excluding tert-OH is 1. The Hall–Kier alpha value is -1.20. The fourth-order valence-corrected chi connectivity index (χ4v) is 3.89. The van der Waals surface area contributed by atoms with Gasteiger partial charge in [0, 0.05) is 18.8 Å². The largest absolute Gasteiger partial charge is 0.493 e. The van der Waals surface area contributed by atoms with E-state index < -0.39 is 0 Å². The molecule has 0 radical (unpaired) electrons. The van der Waals surface area contributed by atoms with Crippen molar-refractivity contribution in [1.82, 2.24) is 4.90 Å². The standard InChI is InChI=1S/C16H20BrNO3/c1-20-14-9-10(7-12(17)16(14)21-2)8-13-15(19)11-3-5-18(13)6-4-11/h7-9,11,15,19H,3-6H2,1-2H3/b13-8-. The number of benzene rings is 1. The van der Waals surface area contributed by atoms with Crippen LogP contribution in [0, 0.1) is 5.92 Å². The number of rotatable bonds is 3. The zero-order valence-electron chi connectivity index (χ0n) is 12.3. The minimum atomic E-state index is -0.348. The van der Waals surface area contributed by atoms with Gasteiger partial charge in [-0.05, 0) is 58.5 Å². The van der Waals surface area contributed by atoms with Crippen molar-refractivity contribution < 1.29 is 14.6 Å². The van der Waals surface area contributed by atoms with Gasteiger partial charge < -0.3 is 19.5 Å². The lowest BCUT2D eigenvalue weighted by atomic mass is 9.83. The van der Waals surface area contributed by atoms with E-state index in [0.29, 0.717) is 17.4 Å². The lowest BCUT2D eigenvalue weighted by Gasteiger charge is -2.46. The molecule has 1 atom stereocenters. The van der Waals surface area contributed by atoms with E-state index in [4.69, 9.17) is 9.47 Å². The van der Waals surface area contributed by atoms with E-state index in [2.05, 4.69) is 26.9 Å². The van der Waals surface area contributed by atoms with E-state index in [-0.39, 0.29) is 6.10 Å². The first-order chi connectivity index (χ1) is 10.1. The van der Waals surface area contributed by atoms with Crippen LogP contribution >= 0.6 is 15.9 Å². The normalized spacial score (nSPS) is 26.3. The molecule has 114 valence electrons. The third kappa shape index (κ3) is 2.64. The molecular formula is C16H20BrNO3. The van der Waals surface area contributed by atoms with Crippen molar-refractivity contribution in [3.8, 4) is 11.5 Å². The fraction of sp³-hybridized carbons (Fsp3) is 0.500. The van der Waals surface area contributed by atoms with E-state index in [1.807, 2.05) is 12.1 Å². The second kappa shape index (κ2) is 5.89. The molecule has 1 N–H and O–H groups in total. The van der Waals surface area contributed by atoms with Gasteiger partial charge in [-0.2, -0.15) is 0 Å². The second-order valence-corrected chi connectivity index (χ2v) is 6.43. The Bertz CT molecular complexity index is 561. The van der Waals surface area contributed by atoms with E-state index in [9.17, 15) is 5.11 Å². The average Bonchev–Trinajstić information content (AvgIpc) is 2.50. The maximum absolute atomic E-state index is 10.4. The lowest BCUT2D eigenvalue weighted by molar-refractivity contribution is 0.0215. The first-order valence-electron chi connectivity index (χ1n) is 7.20. The smallest absolute Gasteiger partial charge is 0.174 e. The first-order valence-corrected chi connectivity index (χ1v) is 7.99. The molecule has 3 heterocycles. The van der Waals surface area contributed by atoms with Gasteiger partial charge in [0.05, 0.1) is 24.8 Å². The van der Waals surface area contributed by atoms with Crippen LogP contribution in [-0.2, 0) is 0 Å². The van der Waals surface area contributed by atoms with Gasteiger partial charge >= 0.3 is 0 Å². The Morgan fingerprint density at radius 2 is 1.95 bits per heavy atom. The van der Waals surface area contributed by atoms with Crippen LogP contribution in [0.5, 0.6) is 11.5 Å². The molecule has 0 aromatic heterocycles. The molecule has 3 saturated heterocycles. The fourth-order valence-electron chi connectivity index (χ4n) is 3.27. The third-order valence-electron chi connectivity index (χ3n) is 4.42. The molecule has 3 aliphatic heterocycles. The molecule has 0 aliphatic carbocycles. The average molecular weight is 354 g/mol. The summed E-state index contributed by atoms with van der Waals surface area (Å²) in [5, 5.41) is 10.4. The quantitative estimate of drug-likeness (QED) is 0.907. The molecule has 4 nitrogen and oxygen atoms in total. The summed E-state index contributed by atoms with van der Waals surface area (Å²) < 4.78 is 11.6. The van der Waals surface area contributed by atoms with Gasteiger partial charge in [0.15, 0.2) is 11.5 Å². The van der Waals surface area contributed by atoms with Gasteiger partial charge in [-0.3, -0.25) is 0 Å². The second-order valence-electron chi connectivity index (χ2n) is 5.58. The number of halogens is 1. The molecule has 3 aliphatic rings. The Labute approximate surface area is 133 Å². The summed E-state index contributed by atoms with van der Waals surface area (Å²) in [7, 11) is 3.25. The molecular weight excluding hydrogens is 334 g/mol. The van der Waals surface area contributed by atoms with Gasteiger partial charge in [0.1, 0.15) is 0 Å². The van der Waals surface area contributed by atoms with Gasteiger partial charge in [0.25, 0.3) is 0 Å². The third-order valence-corrected chi connectivity index (χ3v) is 5.01. The number of piperidine rings is 3. The van der Waals surface area contributed by atoms with E-state index >= 15 is 0 Å². The van der Waals surface area contributed by atoms with Crippen LogP contribution in [0.3, 0.4) is 0 Å². The number of nitrogens with zero attached hydrogens (tertiary/aromatic N) is 1. The van der Waals surface area contributed by atoms with Crippen LogP contribution < -0.4 is 9.47 Å². The molecule has 0 spiro atoms. The van der Waals surface area contributed by atoms with Crippen molar-refractivity contribution in [3.05, 3.63) is 27.9 Å². The topological polar surface area (TPSA) is 41.9 Å². The van der Waals surface area contributed by atoms with E-state index in [1.165, 1.54) is 0 Å². The minimum Gasteiger partial charge on any atom is -0.493 e. The monoisotopic (exact) mass is 353 g/mol. The van der Waals surface area contributed by atoms with Crippen molar-refractivity contribution in [1.29, 1.82) is 0 Å². The maximum atomic E-state index is 10.4. The van der Waals surface area contributed by atoms with Crippen molar-refractivity contribution in [3.63, 3.8) is 0 Å². The van der Waals surface area contributed by atoms with Gasteiger partial charge in [-0.25, -0.2) is 0 Å². The summed E-state index contributed by atoms with van der Waals surface area (Å²) in [5.74, 6) is 1.78. The van der Waals surface area contributed by atoms with Gasteiger partial charge in [-0.15, -0.1) is 0 Å². The van der Waals surface area contributed by atoms with Crippen LogP contribution in [0.2, 0.25) is 0 Å². The molecule has 21 heavy (non-hydrogen) atoms. The Balaban J connectivity index is 1.97. The molecule has 1 aromatic rings. The number of ether oxygens (including phenoxy) is 2. The summed E-state index contributed by atoms with van der Waals surface area (Å²) in [4.78, 5) is 2.29. The lowest BCUT2D eigenvalue weighted by Crippen LogP contribution is -2.48. The Morgan fingerprint density at radius 1 is 1.24 bits per heavy atom. The number of methoxy groups -OCH3 is 2. The zero-order chi connectivity index (χ0) is 15.0. The minimum absolute atomic E-state index is 0.348. The summed E-state index contributed by atoms with van der Waals surface area (Å²) in [6.07, 6.45) is 3.89. The number of aliphatic hydroxyl groups is 1. The molecule has 0 amide bonds. The summed E-state index contributed by atoms with van der Waals surface area (Å²) in [6.45, 7) is 2.09. The number of hydrogen-bond acceptors (Lipinski definition) is 4. The highest BCUT2D eigenvalue weighted by molar-refractivity contribution is 9.10. The number of hydrogen-bond donors (Lipinski definition) is 1. The van der Waals surface area contributed by atoms with Crippen LogP contribution in [0.4, 0.5) is 0 Å². The molecule has 1 aromatic carbocycles. The molecule has 2 bridgehead atoms. The molecule has 4 rings (SSSR count). The van der Waals surface area contributed by atoms with Crippen molar-refractivity contribution in [2.24, 2.45) is 5.92 Å². The van der Waals surface area contributed by atoms with Gasteiger partial charge in [-0.1, -0.05) is 0 Å².